The third-order valence-corrected chi connectivity index (χ3v) is 4.05. The van der Waals surface area contributed by atoms with E-state index in [0.29, 0.717) is 28.2 Å². The molecular weight excluding hydrogens is 348 g/mol. The van der Waals surface area contributed by atoms with Crippen molar-refractivity contribution in [2.24, 2.45) is 0 Å². The first-order valence-electron chi connectivity index (χ1n) is 8.12. The number of allylic oxidation sites excluding steroid dienone is 1. The van der Waals surface area contributed by atoms with Crippen molar-refractivity contribution in [3.63, 3.8) is 0 Å². The lowest BCUT2D eigenvalue weighted by Gasteiger charge is -2.07. The Hall–Kier alpha value is -3.54. The lowest BCUT2D eigenvalue weighted by Crippen LogP contribution is -2.05. The van der Waals surface area contributed by atoms with Gasteiger partial charge >= 0.3 is 5.63 Å². The van der Waals surface area contributed by atoms with E-state index in [1.165, 1.54) is 19.3 Å². The molecule has 0 bridgehead atoms. The van der Waals surface area contributed by atoms with Crippen LogP contribution in [0.3, 0.4) is 0 Å². The van der Waals surface area contributed by atoms with Crippen LogP contribution >= 0.6 is 0 Å². The number of methoxy groups -OCH3 is 3. The van der Waals surface area contributed by atoms with E-state index >= 15 is 0 Å². The van der Waals surface area contributed by atoms with E-state index in [0.717, 1.165) is 5.56 Å². The average Bonchev–Trinajstić information content (AvgIpc) is 2.70. The Labute approximate surface area is 155 Å². The number of benzene rings is 2. The van der Waals surface area contributed by atoms with E-state index < -0.39 is 5.63 Å². The van der Waals surface area contributed by atoms with Crippen LogP contribution in [0.5, 0.6) is 17.2 Å². The van der Waals surface area contributed by atoms with Gasteiger partial charge in [-0.1, -0.05) is 12.1 Å². The highest BCUT2D eigenvalue weighted by Gasteiger charge is 2.12. The number of rotatable bonds is 6. The van der Waals surface area contributed by atoms with Gasteiger partial charge in [0.1, 0.15) is 11.3 Å². The zero-order valence-electron chi connectivity index (χ0n) is 15.1. The number of ether oxygens (including phenoxy) is 3. The van der Waals surface area contributed by atoms with Crippen LogP contribution in [0.15, 0.2) is 57.8 Å². The topological polar surface area (TPSA) is 75.0 Å². The van der Waals surface area contributed by atoms with Gasteiger partial charge in [0.05, 0.1) is 21.3 Å². The molecule has 0 unspecified atom stereocenters. The molecule has 0 saturated heterocycles. The highest BCUT2D eigenvalue weighted by atomic mass is 16.5. The maximum absolute atomic E-state index is 12.7. The van der Waals surface area contributed by atoms with E-state index in [2.05, 4.69) is 0 Å². The molecule has 0 aliphatic rings. The first-order chi connectivity index (χ1) is 13.0. The molecule has 2 aromatic carbocycles. The summed E-state index contributed by atoms with van der Waals surface area (Å²) in [6.45, 7) is 0. The lowest BCUT2D eigenvalue weighted by atomic mass is 10.0. The quantitative estimate of drug-likeness (QED) is 0.376. The molecular formula is C21H18O6. The van der Waals surface area contributed by atoms with Gasteiger partial charge in [-0.25, -0.2) is 4.79 Å². The number of carbonyl (C=O) groups is 1. The molecule has 3 aromatic rings. The van der Waals surface area contributed by atoms with Gasteiger partial charge in [-0.05, 0) is 35.9 Å². The third kappa shape index (κ3) is 3.84. The summed E-state index contributed by atoms with van der Waals surface area (Å²) in [5.41, 5.74) is 0.721. The summed E-state index contributed by atoms with van der Waals surface area (Å²) in [7, 11) is 4.61. The highest BCUT2D eigenvalue weighted by molar-refractivity contribution is 6.14. The zero-order chi connectivity index (χ0) is 19.4. The largest absolute Gasteiger partial charge is 0.497 e. The standard InChI is InChI=1S/C21H18O6/c1-24-14-6-7-15-16(12-21(23)27-19(15)11-14)17(22)8-4-13-5-9-18(25-2)20(10-13)26-3/h4-12H,1-3H3/b8-4+. The van der Waals surface area contributed by atoms with Crippen molar-refractivity contribution in [3.8, 4) is 17.2 Å². The number of ketones is 1. The van der Waals surface area contributed by atoms with Crippen molar-refractivity contribution in [2.75, 3.05) is 21.3 Å². The average molecular weight is 366 g/mol. The highest BCUT2D eigenvalue weighted by Crippen LogP contribution is 2.28. The fourth-order valence-corrected chi connectivity index (χ4v) is 2.69. The summed E-state index contributed by atoms with van der Waals surface area (Å²) < 4.78 is 20.7. The smallest absolute Gasteiger partial charge is 0.336 e. The summed E-state index contributed by atoms with van der Waals surface area (Å²) in [5.74, 6) is 1.38. The number of hydrogen-bond acceptors (Lipinski definition) is 6. The van der Waals surface area contributed by atoms with Gasteiger partial charge in [0.15, 0.2) is 17.3 Å². The monoisotopic (exact) mass is 366 g/mol. The molecule has 138 valence electrons. The van der Waals surface area contributed by atoms with Crippen LogP contribution in [0, 0.1) is 0 Å². The molecule has 0 radical (unpaired) electrons. The van der Waals surface area contributed by atoms with Crippen LogP contribution in [0.25, 0.3) is 17.0 Å². The van der Waals surface area contributed by atoms with Crippen molar-refractivity contribution in [3.05, 3.63) is 70.1 Å². The predicted octanol–water partition coefficient (Wildman–Crippen LogP) is 3.71. The minimum absolute atomic E-state index is 0.264. The zero-order valence-corrected chi connectivity index (χ0v) is 15.1. The van der Waals surface area contributed by atoms with E-state index in [-0.39, 0.29) is 11.3 Å². The predicted molar refractivity (Wildman–Crippen MR) is 102 cm³/mol. The molecule has 0 N–H and O–H groups in total. The van der Waals surface area contributed by atoms with Crippen LogP contribution in [-0.4, -0.2) is 27.1 Å². The Balaban J connectivity index is 1.96. The van der Waals surface area contributed by atoms with Crippen molar-refractivity contribution < 1.29 is 23.4 Å². The summed E-state index contributed by atoms with van der Waals surface area (Å²) in [4.78, 5) is 24.5. The molecule has 0 aliphatic heterocycles. The van der Waals surface area contributed by atoms with Gasteiger partial charge in [0.2, 0.25) is 0 Å². The van der Waals surface area contributed by atoms with Gasteiger partial charge in [0, 0.05) is 23.1 Å². The molecule has 0 amide bonds. The molecule has 27 heavy (non-hydrogen) atoms. The molecule has 0 fully saturated rings. The SMILES string of the molecule is COc1ccc2c(C(=O)/C=C/c3ccc(OC)c(OC)c3)cc(=O)oc2c1. The number of carbonyl (C=O) groups excluding carboxylic acids is 1. The Morgan fingerprint density at radius 1 is 0.926 bits per heavy atom. The van der Waals surface area contributed by atoms with Gasteiger partial charge in [-0.3, -0.25) is 4.79 Å². The van der Waals surface area contributed by atoms with Gasteiger partial charge in [-0.15, -0.1) is 0 Å². The van der Waals surface area contributed by atoms with Crippen LogP contribution in [0.1, 0.15) is 15.9 Å². The Bertz CT molecular complexity index is 1080. The van der Waals surface area contributed by atoms with Gasteiger partial charge in [0.25, 0.3) is 0 Å². The van der Waals surface area contributed by atoms with Crippen molar-refractivity contribution in [1.82, 2.24) is 0 Å². The van der Waals surface area contributed by atoms with E-state index in [1.54, 1.807) is 56.7 Å². The molecule has 3 rings (SSSR count). The van der Waals surface area contributed by atoms with Crippen molar-refractivity contribution in [2.45, 2.75) is 0 Å². The minimum Gasteiger partial charge on any atom is -0.497 e. The minimum atomic E-state index is -0.599. The number of fused-ring (bicyclic) bond motifs is 1. The van der Waals surface area contributed by atoms with Gasteiger partial charge in [-0.2, -0.15) is 0 Å². The van der Waals surface area contributed by atoms with Crippen LogP contribution in [0.2, 0.25) is 0 Å². The fourth-order valence-electron chi connectivity index (χ4n) is 2.69. The van der Waals surface area contributed by atoms with Crippen molar-refractivity contribution >= 4 is 22.8 Å². The molecule has 0 saturated carbocycles. The summed E-state index contributed by atoms with van der Waals surface area (Å²) in [6, 6.07) is 11.5. The van der Waals surface area contributed by atoms with Crippen LogP contribution in [-0.2, 0) is 0 Å². The first kappa shape index (κ1) is 18.3. The molecule has 0 atom stereocenters. The lowest BCUT2D eigenvalue weighted by molar-refractivity contribution is 0.104. The fraction of sp³-hybridized carbons (Fsp3) is 0.143. The molecule has 6 nitrogen and oxygen atoms in total. The second kappa shape index (κ2) is 7.78. The van der Waals surface area contributed by atoms with Gasteiger partial charge < -0.3 is 18.6 Å². The van der Waals surface area contributed by atoms with Crippen LogP contribution < -0.4 is 19.8 Å². The Kier molecular flexibility index (Phi) is 5.26. The Morgan fingerprint density at radius 3 is 2.41 bits per heavy atom. The normalized spacial score (nSPS) is 10.9. The second-order valence-electron chi connectivity index (χ2n) is 5.65. The maximum atomic E-state index is 12.7. The molecule has 0 spiro atoms. The maximum Gasteiger partial charge on any atom is 0.336 e. The second-order valence-corrected chi connectivity index (χ2v) is 5.65. The summed E-state index contributed by atoms with van der Waals surface area (Å²) >= 11 is 0. The van der Waals surface area contributed by atoms with E-state index in [4.69, 9.17) is 18.6 Å². The first-order valence-corrected chi connectivity index (χ1v) is 8.12. The van der Waals surface area contributed by atoms with Crippen molar-refractivity contribution in [1.29, 1.82) is 0 Å². The third-order valence-electron chi connectivity index (χ3n) is 4.05. The Morgan fingerprint density at radius 2 is 1.70 bits per heavy atom. The molecule has 1 aromatic heterocycles. The molecule has 0 aliphatic carbocycles. The summed E-state index contributed by atoms with van der Waals surface area (Å²) in [6.07, 6.45) is 3.05. The molecule has 6 heteroatoms. The van der Waals surface area contributed by atoms with E-state index in [9.17, 15) is 9.59 Å². The number of hydrogen-bond donors (Lipinski definition) is 0. The van der Waals surface area contributed by atoms with E-state index in [1.807, 2.05) is 0 Å². The summed E-state index contributed by atoms with van der Waals surface area (Å²) in [5, 5.41) is 0.539. The van der Waals surface area contributed by atoms with Crippen LogP contribution in [0.4, 0.5) is 0 Å². The molecule has 1 heterocycles.